The number of hydrogen-bond donors (Lipinski definition) is 2. The molecule has 2 N–H and O–H groups in total. The Labute approximate surface area is 211 Å². The van der Waals surface area contributed by atoms with Gasteiger partial charge in [0.25, 0.3) is 0 Å². The molecule has 1 aliphatic rings. The van der Waals surface area contributed by atoms with E-state index in [1.54, 1.807) is 34.5 Å². The second-order valence-electron chi connectivity index (χ2n) is 7.58. The molecule has 33 heavy (non-hydrogen) atoms. The number of carbonyl (C=O) groups excluding carboxylic acids is 1. The number of fused-ring (bicyclic) bond motifs is 1. The first kappa shape index (κ1) is 23.9. The van der Waals surface area contributed by atoms with Crippen molar-refractivity contribution in [2.75, 3.05) is 17.2 Å². The van der Waals surface area contributed by atoms with Crippen molar-refractivity contribution in [2.45, 2.75) is 45.6 Å². The maximum atomic E-state index is 12.7. The number of nitrogens with one attached hydrogen (secondary N) is 2. The molecule has 1 aromatic carbocycles. The van der Waals surface area contributed by atoms with Crippen LogP contribution in [-0.2, 0) is 24.1 Å². The summed E-state index contributed by atoms with van der Waals surface area (Å²) in [6.45, 7) is 2.62. The van der Waals surface area contributed by atoms with Crippen LogP contribution in [0.15, 0.2) is 24.5 Å². The molecule has 2 aromatic heterocycles. The van der Waals surface area contributed by atoms with Gasteiger partial charge in [-0.1, -0.05) is 35.7 Å². The molecule has 3 aromatic rings. The average molecular weight is 524 g/mol. The molecule has 4 rings (SSSR count). The quantitative estimate of drug-likeness (QED) is 0.234. The minimum absolute atomic E-state index is 0.309. The zero-order chi connectivity index (χ0) is 23.4. The van der Waals surface area contributed by atoms with Crippen LogP contribution in [0.2, 0.25) is 10.0 Å². The summed E-state index contributed by atoms with van der Waals surface area (Å²) in [7, 11) is 0. The van der Waals surface area contributed by atoms with Crippen LogP contribution in [0.5, 0.6) is 0 Å². The first-order chi connectivity index (χ1) is 15.9. The van der Waals surface area contributed by atoms with Crippen LogP contribution < -0.4 is 10.6 Å². The molecule has 0 spiro atoms. The highest BCUT2D eigenvalue weighted by molar-refractivity contribution is 7.80. The van der Waals surface area contributed by atoms with E-state index in [1.165, 1.54) is 11.3 Å². The van der Waals surface area contributed by atoms with Crippen molar-refractivity contribution < 1.29 is 9.53 Å². The van der Waals surface area contributed by atoms with Gasteiger partial charge in [0.05, 0.1) is 28.8 Å². The minimum Gasteiger partial charge on any atom is -0.462 e. The topological polar surface area (TPSA) is 81.1 Å². The highest BCUT2D eigenvalue weighted by atomic mass is 35.5. The van der Waals surface area contributed by atoms with E-state index in [-0.39, 0.29) is 5.97 Å². The number of aryl methyl sites for hydroxylation is 1. The van der Waals surface area contributed by atoms with Crippen molar-refractivity contribution in [3.8, 4) is 0 Å². The van der Waals surface area contributed by atoms with Crippen LogP contribution in [0.3, 0.4) is 0 Å². The number of halogens is 2. The largest absolute Gasteiger partial charge is 0.462 e. The Kier molecular flexibility index (Phi) is 7.85. The van der Waals surface area contributed by atoms with Gasteiger partial charge in [-0.05, 0) is 68.1 Å². The molecule has 0 aliphatic heterocycles. The molecule has 1 aliphatic carbocycles. The van der Waals surface area contributed by atoms with Crippen molar-refractivity contribution >= 4 is 68.8 Å². The summed E-state index contributed by atoms with van der Waals surface area (Å²) in [4.78, 5) is 18.2. The third kappa shape index (κ3) is 5.84. The van der Waals surface area contributed by atoms with Crippen molar-refractivity contribution in [3.05, 3.63) is 56.1 Å². The summed E-state index contributed by atoms with van der Waals surface area (Å²) in [6, 6.07) is 5.42. The summed E-state index contributed by atoms with van der Waals surface area (Å²) in [5.74, 6) is 0.0367. The van der Waals surface area contributed by atoms with E-state index in [4.69, 9.17) is 40.2 Å². The third-order valence-electron chi connectivity index (χ3n) is 5.22. The van der Waals surface area contributed by atoms with Gasteiger partial charge in [-0.15, -0.1) is 16.4 Å². The van der Waals surface area contributed by atoms with Gasteiger partial charge in [0.2, 0.25) is 5.95 Å². The standard InChI is InChI=1S/C22H23Cl2N5O2S2/c1-2-31-20(30)18-14-6-4-3-5-7-17(14)33-19(18)26-22(32)27-21-25-12-29(28-21)11-13-8-9-15(23)16(24)10-13/h8-10,12H,2-7,11H2,1H3,(H2,26,27,28,32). The molecule has 0 unspecified atom stereocenters. The number of thiophene rings is 1. The minimum atomic E-state index is -0.314. The Morgan fingerprint density at radius 3 is 2.82 bits per heavy atom. The molecule has 0 fully saturated rings. The van der Waals surface area contributed by atoms with Crippen molar-refractivity contribution in [1.82, 2.24) is 14.8 Å². The van der Waals surface area contributed by atoms with Crippen LogP contribution in [0.4, 0.5) is 10.9 Å². The number of rotatable bonds is 6. The zero-order valence-electron chi connectivity index (χ0n) is 18.0. The number of carbonyl (C=O) groups is 1. The average Bonchev–Trinajstić information content (AvgIpc) is 3.27. The second-order valence-corrected chi connectivity index (χ2v) is 9.91. The van der Waals surface area contributed by atoms with Gasteiger partial charge in [0.15, 0.2) is 5.11 Å². The maximum Gasteiger partial charge on any atom is 0.341 e. The maximum absolute atomic E-state index is 12.7. The van der Waals surface area contributed by atoms with Gasteiger partial charge < -0.3 is 10.1 Å². The van der Waals surface area contributed by atoms with Gasteiger partial charge in [-0.25, -0.2) is 14.5 Å². The van der Waals surface area contributed by atoms with Crippen LogP contribution in [-0.4, -0.2) is 32.5 Å². The smallest absolute Gasteiger partial charge is 0.341 e. The summed E-state index contributed by atoms with van der Waals surface area (Å²) >= 11 is 19.1. The van der Waals surface area contributed by atoms with Crippen molar-refractivity contribution in [3.63, 3.8) is 0 Å². The lowest BCUT2D eigenvalue weighted by Gasteiger charge is -2.10. The predicted octanol–water partition coefficient (Wildman–Crippen LogP) is 5.95. The Hall–Kier alpha value is -2.20. The van der Waals surface area contributed by atoms with E-state index < -0.39 is 0 Å². The molecular weight excluding hydrogens is 501 g/mol. The molecule has 0 saturated heterocycles. The van der Waals surface area contributed by atoms with Crippen LogP contribution >= 0.6 is 46.8 Å². The van der Waals surface area contributed by atoms with Gasteiger partial charge in [-0.2, -0.15) is 0 Å². The van der Waals surface area contributed by atoms with E-state index in [1.807, 2.05) is 13.0 Å². The highest BCUT2D eigenvalue weighted by Crippen LogP contribution is 2.38. The first-order valence-corrected chi connectivity index (χ1v) is 12.7. The molecule has 0 amide bonds. The molecular formula is C22H23Cl2N5O2S2. The number of esters is 1. The Morgan fingerprint density at radius 2 is 2.03 bits per heavy atom. The van der Waals surface area contributed by atoms with Crippen LogP contribution in [0.1, 0.15) is 52.5 Å². The Balaban J connectivity index is 1.46. The van der Waals surface area contributed by atoms with Gasteiger partial charge in [-0.3, -0.25) is 5.32 Å². The van der Waals surface area contributed by atoms with Gasteiger partial charge >= 0.3 is 5.97 Å². The Bertz CT molecular complexity index is 1180. The van der Waals surface area contributed by atoms with Gasteiger partial charge in [0.1, 0.15) is 11.3 Å². The lowest BCUT2D eigenvalue weighted by molar-refractivity contribution is 0.0527. The van der Waals surface area contributed by atoms with E-state index in [9.17, 15) is 4.79 Å². The normalized spacial score (nSPS) is 13.2. The number of benzene rings is 1. The number of nitrogens with zero attached hydrogens (tertiary/aromatic N) is 3. The fraction of sp³-hybridized carbons (Fsp3) is 0.364. The van der Waals surface area contributed by atoms with E-state index in [0.717, 1.165) is 36.8 Å². The predicted molar refractivity (Wildman–Crippen MR) is 137 cm³/mol. The lowest BCUT2D eigenvalue weighted by atomic mass is 10.1. The van der Waals surface area contributed by atoms with E-state index in [2.05, 4.69) is 20.7 Å². The molecule has 0 saturated carbocycles. The summed E-state index contributed by atoms with van der Waals surface area (Å²) in [5.41, 5.74) is 2.63. The molecule has 2 heterocycles. The highest BCUT2D eigenvalue weighted by Gasteiger charge is 2.26. The third-order valence-corrected chi connectivity index (χ3v) is 7.37. The van der Waals surface area contributed by atoms with Crippen LogP contribution in [0.25, 0.3) is 0 Å². The molecule has 11 heteroatoms. The molecule has 0 radical (unpaired) electrons. The molecule has 7 nitrogen and oxygen atoms in total. The van der Waals surface area contributed by atoms with E-state index in [0.29, 0.717) is 44.8 Å². The fourth-order valence-corrected chi connectivity index (χ4v) is 5.60. The summed E-state index contributed by atoms with van der Waals surface area (Å²) < 4.78 is 7.00. The van der Waals surface area contributed by atoms with Crippen molar-refractivity contribution in [1.29, 1.82) is 0 Å². The SMILES string of the molecule is CCOC(=O)c1c(NC(=S)Nc2ncn(Cc3ccc(Cl)c(Cl)c3)n2)sc2c1CCCCC2. The summed E-state index contributed by atoms with van der Waals surface area (Å²) in [5, 5.41) is 12.6. The number of thiocarbonyl (C=S) groups is 1. The number of aromatic nitrogens is 3. The summed E-state index contributed by atoms with van der Waals surface area (Å²) in [6.07, 6.45) is 6.81. The van der Waals surface area contributed by atoms with E-state index >= 15 is 0 Å². The number of ether oxygens (including phenoxy) is 1. The zero-order valence-corrected chi connectivity index (χ0v) is 21.1. The van der Waals surface area contributed by atoms with Gasteiger partial charge in [0, 0.05) is 4.88 Å². The fourth-order valence-electron chi connectivity index (χ4n) is 3.74. The van der Waals surface area contributed by atoms with Crippen LogP contribution in [0, 0.1) is 0 Å². The molecule has 0 bridgehead atoms. The second kappa shape index (κ2) is 10.8. The molecule has 0 atom stereocenters. The monoisotopic (exact) mass is 523 g/mol. The Morgan fingerprint density at radius 1 is 1.21 bits per heavy atom. The first-order valence-electron chi connectivity index (χ1n) is 10.7. The number of anilines is 2. The lowest BCUT2D eigenvalue weighted by Crippen LogP contribution is -2.21. The van der Waals surface area contributed by atoms with Crippen molar-refractivity contribution in [2.24, 2.45) is 0 Å². The number of hydrogen-bond acceptors (Lipinski definition) is 6. The molecule has 174 valence electrons.